The minimum absolute atomic E-state index is 0.0542. The lowest BCUT2D eigenvalue weighted by Crippen LogP contribution is -2.67. The van der Waals surface area contributed by atoms with Crippen molar-refractivity contribution in [3.63, 3.8) is 0 Å². The van der Waals surface area contributed by atoms with Crippen LogP contribution in [0.15, 0.2) is 91.0 Å². The normalized spacial score (nSPS) is 23.1. The summed E-state index contributed by atoms with van der Waals surface area (Å²) >= 11 is 0. The molecule has 1 saturated carbocycles. The number of hydrogen-bond acceptors (Lipinski definition) is 4. The van der Waals surface area contributed by atoms with Crippen molar-refractivity contribution >= 4 is 33.3 Å². The second kappa shape index (κ2) is 14.2. The van der Waals surface area contributed by atoms with Crippen LogP contribution in [0, 0.1) is 17.3 Å². The molecule has 1 fully saturated rings. The van der Waals surface area contributed by atoms with Gasteiger partial charge in [0.1, 0.15) is 6.29 Å². The smallest absolute Gasteiger partial charge is 0.261 e. The van der Waals surface area contributed by atoms with Crippen LogP contribution < -0.4 is 10.4 Å². The monoisotopic (exact) mass is 644 g/mol. The summed E-state index contributed by atoms with van der Waals surface area (Å²) < 4.78 is 21.1. The van der Waals surface area contributed by atoms with Crippen molar-refractivity contribution in [1.82, 2.24) is 0 Å². The molecular formula is C39H56O4Si2. The highest BCUT2D eigenvalue weighted by Gasteiger charge is 2.54. The number of hydrogen-bond donors (Lipinski definition) is 0. The van der Waals surface area contributed by atoms with Crippen LogP contribution in [0.25, 0.3) is 0 Å². The van der Waals surface area contributed by atoms with E-state index < -0.39 is 16.6 Å². The largest absolute Gasteiger partial charge is 0.414 e. The molecule has 0 amide bonds. The maximum absolute atomic E-state index is 13.2. The van der Waals surface area contributed by atoms with E-state index in [1.165, 1.54) is 16.7 Å². The summed E-state index contributed by atoms with van der Waals surface area (Å²) in [5.74, 6) is -0.340. The van der Waals surface area contributed by atoms with Crippen molar-refractivity contribution in [3.05, 3.63) is 96.6 Å². The highest BCUT2D eigenvalue weighted by molar-refractivity contribution is 6.99. The highest BCUT2D eigenvalue weighted by atomic mass is 28.4. The Morgan fingerprint density at radius 2 is 1.31 bits per heavy atom. The van der Waals surface area contributed by atoms with Gasteiger partial charge < -0.3 is 18.4 Å². The van der Waals surface area contributed by atoms with Gasteiger partial charge in [-0.15, -0.1) is 0 Å². The van der Waals surface area contributed by atoms with Crippen LogP contribution >= 0.6 is 0 Å². The van der Waals surface area contributed by atoms with Crippen LogP contribution in [0.1, 0.15) is 66.9 Å². The van der Waals surface area contributed by atoms with Crippen LogP contribution in [0.4, 0.5) is 0 Å². The van der Waals surface area contributed by atoms with E-state index in [0.717, 1.165) is 18.4 Å². The third-order valence-corrected chi connectivity index (χ3v) is 20.1. The Labute approximate surface area is 275 Å². The minimum Gasteiger partial charge on any atom is -0.414 e. The molecule has 3 aromatic carbocycles. The van der Waals surface area contributed by atoms with Crippen molar-refractivity contribution < 1.29 is 18.4 Å². The van der Waals surface area contributed by atoms with Crippen molar-refractivity contribution in [2.24, 2.45) is 17.3 Å². The SMILES string of the molecule is CC(C)(C)[Si](C)(C)O[C@H]1CC[C@@](C)(COCc2ccccc2)[C@H](C=O)[C@@H]1CO[Si](c1ccccc1)(c1ccccc1)C(C)(C)C. The molecule has 0 N–H and O–H groups in total. The number of benzene rings is 3. The van der Waals surface area contributed by atoms with Crippen molar-refractivity contribution in [3.8, 4) is 0 Å². The number of carbonyl (C=O) groups is 1. The third-order valence-electron chi connectivity index (χ3n) is 10.6. The van der Waals surface area contributed by atoms with Gasteiger partial charge in [0.15, 0.2) is 8.32 Å². The van der Waals surface area contributed by atoms with Crippen LogP contribution in [0.5, 0.6) is 0 Å². The van der Waals surface area contributed by atoms with Gasteiger partial charge in [0.25, 0.3) is 8.32 Å². The fourth-order valence-electron chi connectivity index (χ4n) is 6.91. The molecule has 244 valence electrons. The Hall–Kier alpha value is -2.36. The summed E-state index contributed by atoms with van der Waals surface area (Å²) in [7, 11) is -4.93. The van der Waals surface area contributed by atoms with Crippen molar-refractivity contribution in [2.45, 2.75) is 97.2 Å². The number of ether oxygens (including phenoxy) is 1. The number of carbonyl (C=O) groups excluding carboxylic acids is 1. The molecule has 4 nitrogen and oxygen atoms in total. The van der Waals surface area contributed by atoms with Gasteiger partial charge in [0.05, 0.1) is 19.3 Å². The van der Waals surface area contributed by atoms with Gasteiger partial charge in [-0.25, -0.2) is 0 Å². The minimum atomic E-state index is -2.81. The summed E-state index contributed by atoms with van der Waals surface area (Å²) in [5, 5.41) is 2.40. The molecule has 3 aromatic rings. The first-order chi connectivity index (χ1) is 21.1. The molecule has 4 atom stereocenters. The molecule has 0 spiro atoms. The molecule has 1 aliphatic carbocycles. The molecule has 1 aliphatic rings. The topological polar surface area (TPSA) is 44.8 Å². The second-order valence-corrected chi connectivity index (χ2v) is 24.9. The summed E-state index contributed by atoms with van der Waals surface area (Å²) in [5.41, 5.74) is 0.828. The first-order valence-corrected chi connectivity index (χ1v) is 21.5. The highest BCUT2D eigenvalue weighted by Crippen LogP contribution is 2.48. The Balaban J connectivity index is 1.73. The Morgan fingerprint density at radius 3 is 1.78 bits per heavy atom. The van der Waals surface area contributed by atoms with E-state index in [-0.39, 0.29) is 33.4 Å². The first-order valence-electron chi connectivity index (χ1n) is 16.6. The quantitative estimate of drug-likeness (QED) is 0.147. The molecule has 0 aliphatic heterocycles. The van der Waals surface area contributed by atoms with Gasteiger partial charge in [0.2, 0.25) is 0 Å². The molecule has 0 bridgehead atoms. The van der Waals surface area contributed by atoms with Gasteiger partial charge in [-0.1, -0.05) is 139 Å². The summed E-state index contributed by atoms with van der Waals surface area (Å²) in [4.78, 5) is 13.2. The van der Waals surface area contributed by atoms with Gasteiger partial charge in [-0.05, 0) is 51.9 Å². The third kappa shape index (κ3) is 7.79. The van der Waals surface area contributed by atoms with E-state index >= 15 is 0 Å². The molecular weight excluding hydrogens is 589 g/mol. The van der Waals surface area contributed by atoms with Gasteiger partial charge in [-0.3, -0.25) is 0 Å². The average Bonchev–Trinajstić information content (AvgIpc) is 2.99. The fraction of sp³-hybridized carbons (Fsp3) is 0.513. The maximum Gasteiger partial charge on any atom is 0.261 e. The van der Waals surface area contributed by atoms with E-state index in [2.05, 4.69) is 134 Å². The predicted octanol–water partition coefficient (Wildman–Crippen LogP) is 8.40. The molecule has 4 rings (SSSR count). The standard InChI is InChI=1S/C39H56O4Si2/c1-37(2,3)44(8,9)43-36-25-26-39(7,30-41-28-31-19-13-10-14-20-31)35(27-40)34(36)29-42-45(38(4,5)6,32-21-15-11-16-22-32)33-23-17-12-18-24-33/h10-24,27,34-36H,25-26,28-30H2,1-9H3/t34-,35+,36-,39-/m0/s1. The van der Waals surface area contributed by atoms with E-state index in [0.29, 0.717) is 19.8 Å². The van der Waals surface area contributed by atoms with Gasteiger partial charge in [-0.2, -0.15) is 0 Å². The van der Waals surface area contributed by atoms with Crippen molar-refractivity contribution in [2.75, 3.05) is 13.2 Å². The van der Waals surface area contributed by atoms with Crippen LogP contribution in [-0.4, -0.2) is 42.2 Å². The summed E-state index contributed by atoms with van der Waals surface area (Å²) in [6.45, 7) is 22.2. The van der Waals surface area contributed by atoms with Crippen LogP contribution in [0.2, 0.25) is 23.2 Å². The predicted molar refractivity (Wildman–Crippen MR) is 192 cm³/mol. The van der Waals surface area contributed by atoms with Crippen LogP contribution in [-0.2, 0) is 25.0 Å². The van der Waals surface area contributed by atoms with E-state index in [1.54, 1.807) is 0 Å². The molecule has 0 aromatic heterocycles. The van der Waals surface area contributed by atoms with Gasteiger partial charge >= 0.3 is 0 Å². The number of rotatable bonds is 12. The second-order valence-electron chi connectivity index (χ2n) is 15.9. The molecule has 45 heavy (non-hydrogen) atoms. The molecule has 0 radical (unpaired) electrons. The van der Waals surface area contributed by atoms with E-state index in [9.17, 15) is 4.79 Å². The number of aldehydes is 1. The lowest BCUT2D eigenvalue weighted by atomic mass is 9.62. The maximum atomic E-state index is 13.2. The van der Waals surface area contributed by atoms with Crippen molar-refractivity contribution in [1.29, 1.82) is 0 Å². The summed E-state index contributed by atoms with van der Waals surface area (Å²) in [6.07, 6.45) is 2.89. The lowest BCUT2D eigenvalue weighted by molar-refractivity contribution is -0.132. The van der Waals surface area contributed by atoms with E-state index in [1.807, 2.05) is 18.2 Å². The first kappa shape index (κ1) is 35.5. The average molecular weight is 645 g/mol. The van der Waals surface area contributed by atoms with Crippen LogP contribution in [0.3, 0.4) is 0 Å². The van der Waals surface area contributed by atoms with Gasteiger partial charge in [0, 0.05) is 23.9 Å². The Bertz CT molecular complexity index is 1310. The lowest BCUT2D eigenvalue weighted by Gasteiger charge is -2.51. The molecule has 6 heteroatoms. The molecule has 0 heterocycles. The summed E-state index contributed by atoms with van der Waals surface area (Å²) in [6, 6.07) is 31.8. The Morgan fingerprint density at radius 1 is 0.800 bits per heavy atom. The Kier molecular flexibility index (Phi) is 11.2. The molecule has 0 unspecified atom stereocenters. The fourth-order valence-corrected chi connectivity index (χ4v) is 12.9. The zero-order valence-electron chi connectivity index (χ0n) is 29.1. The zero-order chi connectivity index (χ0) is 32.9. The van der Waals surface area contributed by atoms with E-state index in [4.69, 9.17) is 13.6 Å². The zero-order valence-corrected chi connectivity index (χ0v) is 31.1. The molecule has 0 saturated heterocycles.